The first kappa shape index (κ1) is 16.0. The van der Waals surface area contributed by atoms with Gasteiger partial charge in [-0.3, -0.25) is 4.79 Å². The third-order valence-electron chi connectivity index (χ3n) is 3.86. The second kappa shape index (κ2) is 8.78. The van der Waals surface area contributed by atoms with E-state index in [0.29, 0.717) is 24.8 Å². The van der Waals surface area contributed by atoms with Crippen LogP contribution in [0.5, 0.6) is 0 Å². The number of hydrogen-bond donors (Lipinski definition) is 1. The fourth-order valence-corrected chi connectivity index (χ4v) is 2.66. The number of benzene rings is 1. The molecular formula is C17H24FNO2. The number of rotatable bonds is 7. The summed E-state index contributed by atoms with van der Waals surface area (Å²) in [4.78, 5) is 11.7. The van der Waals surface area contributed by atoms with Crippen molar-refractivity contribution >= 4 is 5.91 Å². The van der Waals surface area contributed by atoms with Crippen LogP contribution >= 0.6 is 0 Å². The van der Waals surface area contributed by atoms with E-state index in [9.17, 15) is 9.18 Å². The lowest BCUT2D eigenvalue weighted by Gasteiger charge is -2.21. The predicted molar refractivity (Wildman–Crippen MR) is 80.6 cm³/mol. The number of halogens is 1. The van der Waals surface area contributed by atoms with Gasteiger partial charge in [0.05, 0.1) is 12.5 Å². The van der Waals surface area contributed by atoms with Crippen LogP contribution in [0.2, 0.25) is 0 Å². The smallest absolute Gasteiger partial charge is 0.224 e. The quantitative estimate of drug-likeness (QED) is 0.784. The largest absolute Gasteiger partial charge is 0.378 e. The summed E-state index contributed by atoms with van der Waals surface area (Å²) in [6.45, 7) is 1.27. The van der Waals surface area contributed by atoms with E-state index in [0.717, 1.165) is 6.42 Å². The monoisotopic (exact) mass is 293 g/mol. The highest BCUT2D eigenvalue weighted by atomic mass is 19.1. The van der Waals surface area contributed by atoms with E-state index in [2.05, 4.69) is 5.32 Å². The van der Waals surface area contributed by atoms with Crippen LogP contribution in [0.1, 0.15) is 44.1 Å². The predicted octanol–water partition coefficient (Wildman–Crippen LogP) is 3.22. The Balaban J connectivity index is 1.56. The van der Waals surface area contributed by atoms with Crippen LogP contribution in [-0.2, 0) is 16.0 Å². The molecule has 0 saturated heterocycles. The fourth-order valence-electron chi connectivity index (χ4n) is 2.66. The van der Waals surface area contributed by atoms with Crippen LogP contribution in [-0.4, -0.2) is 25.2 Å². The summed E-state index contributed by atoms with van der Waals surface area (Å²) in [6.07, 6.45) is 7.50. The molecule has 0 spiro atoms. The Kier molecular flexibility index (Phi) is 6.67. The first-order chi connectivity index (χ1) is 10.3. The molecule has 116 valence electrons. The Morgan fingerprint density at radius 3 is 2.76 bits per heavy atom. The lowest BCUT2D eigenvalue weighted by Crippen LogP contribution is -2.27. The first-order valence-corrected chi connectivity index (χ1v) is 7.87. The van der Waals surface area contributed by atoms with Crippen LogP contribution in [0.4, 0.5) is 4.39 Å². The van der Waals surface area contributed by atoms with E-state index in [1.807, 2.05) is 0 Å². The van der Waals surface area contributed by atoms with E-state index in [4.69, 9.17) is 4.74 Å². The van der Waals surface area contributed by atoms with Gasteiger partial charge in [-0.25, -0.2) is 4.39 Å². The molecule has 2 rings (SSSR count). The van der Waals surface area contributed by atoms with Crippen molar-refractivity contribution in [2.24, 2.45) is 0 Å². The van der Waals surface area contributed by atoms with Crippen molar-refractivity contribution in [3.05, 3.63) is 35.6 Å². The highest BCUT2D eigenvalue weighted by Crippen LogP contribution is 2.20. The maximum absolute atomic E-state index is 13.4. The van der Waals surface area contributed by atoms with Crippen molar-refractivity contribution in [2.75, 3.05) is 13.2 Å². The van der Waals surface area contributed by atoms with Gasteiger partial charge in [0, 0.05) is 13.2 Å². The van der Waals surface area contributed by atoms with Gasteiger partial charge >= 0.3 is 0 Å². The molecule has 0 radical (unpaired) electrons. The van der Waals surface area contributed by atoms with Gasteiger partial charge in [-0.05, 0) is 30.9 Å². The molecule has 1 aromatic rings. The molecule has 0 bridgehead atoms. The zero-order valence-corrected chi connectivity index (χ0v) is 12.4. The summed E-state index contributed by atoms with van der Waals surface area (Å²) < 4.78 is 19.2. The minimum Gasteiger partial charge on any atom is -0.378 e. The number of carbonyl (C=O) groups excluding carboxylic acids is 1. The van der Waals surface area contributed by atoms with Crippen molar-refractivity contribution in [1.29, 1.82) is 0 Å². The molecule has 1 aliphatic rings. The lowest BCUT2D eigenvalue weighted by atomic mass is 9.98. The molecular weight excluding hydrogens is 269 g/mol. The molecule has 1 saturated carbocycles. The first-order valence-electron chi connectivity index (χ1n) is 7.87. The molecule has 1 amide bonds. The molecule has 21 heavy (non-hydrogen) atoms. The number of hydrogen-bond acceptors (Lipinski definition) is 2. The molecule has 0 atom stereocenters. The minimum absolute atomic E-state index is 0.0934. The van der Waals surface area contributed by atoms with Gasteiger partial charge in [0.15, 0.2) is 0 Å². The molecule has 1 aliphatic carbocycles. The molecule has 0 heterocycles. The van der Waals surface area contributed by atoms with Crippen molar-refractivity contribution in [1.82, 2.24) is 5.32 Å². The maximum atomic E-state index is 13.4. The Morgan fingerprint density at radius 1 is 1.24 bits per heavy atom. The summed E-state index contributed by atoms with van der Waals surface area (Å²) in [7, 11) is 0. The van der Waals surface area contributed by atoms with Gasteiger partial charge in [-0.1, -0.05) is 37.5 Å². The Labute approximate surface area is 125 Å². The summed E-state index contributed by atoms with van der Waals surface area (Å²) in [6, 6.07) is 6.38. The van der Waals surface area contributed by atoms with Crippen LogP contribution in [0.3, 0.4) is 0 Å². The van der Waals surface area contributed by atoms with Crippen LogP contribution < -0.4 is 5.32 Å². The van der Waals surface area contributed by atoms with Crippen LogP contribution in [0.25, 0.3) is 0 Å². The zero-order valence-electron chi connectivity index (χ0n) is 12.4. The molecule has 1 fully saturated rings. The Bertz CT molecular complexity index is 444. The van der Waals surface area contributed by atoms with E-state index in [-0.39, 0.29) is 18.1 Å². The summed E-state index contributed by atoms with van der Waals surface area (Å²) in [5.74, 6) is -0.467. The third kappa shape index (κ3) is 5.84. The van der Waals surface area contributed by atoms with E-state index < -0.39 is 0 Å². The van der Waals surface area contributed by atoms with Crippen molar-refractivity contribution in [3.8, 4) is 0 Å². The van der Waals surface area contributed by atoms with Gasteiger partial charge in [-0.15, -0.1) is 0 Å². The van der Waals surface area contributed by atoms with Crippen molar-refractivity contribution in [2.45, 2.75) is 51.0 Å². The van der Waals surface area contributed by atoms with Crippen molar-refractivity contribution in [3.63, 3.8) is 0 Å². The molecule has 1 N–H and O–H groups in total. The molecule has 3 nitrogen and oxygen atoms in total. The SMILES string of the molecule is O=C(Cc1ccccc1F)NCCCOC1CCCCC1. The summed E-state index contributed by atoms with van der Waals surface area (Å²) >= 11 is 0. The summed E-state index contributed by atoms with van der Waals surface area (Å²) in [5, 5.41) is 2.81. The second-order valence-electron chi connectivity index (χ2n) is 5.60. The summed E-state index contributed by atoms with van der Waals surface area (Å²) in [5.41, 5.74) is 0.438. The molecule has 0 unspecified atom stereocenters. The average Bonchev–Trinajstić information content (AvgIpc) is 2.50. The highest BCUT2D eigenvalue weighted by molar-refractivity contribution is 5.78. The Morgan fingerprint density at radius 2 is 2.00 bits per heavy atom. The number of carbonyl (C=O) groups is 1. The fraction of sp³-hybridized carbons (Fsp3) is 0.588. The molecule has 1 aromatic carbocycles. The van der Waals surface area contributed by atoms with Gasteiger partial charge in [0.2, 0.25) is 5.91 Å². The standard InChI is InChI=1S/C17H24FNO2/c18-16-10-5-4-7-14(16)13-17(20)19-11-6-12-21-15-8-2-1-3-9-15/h4-5,7,10,15H,1-3,6,8-9,11-13H2,(H,19,20). The van der Waals surface area contributed by atoms with Crippen molar-refractivity contribution < 1.29 is 13.9 Å². The number of amides is 1. The zero-order chi connectivity index (χ0) is 14.9. The van der Waals surface area contributed by atoms with E-state index in [1.54, 1.807) is 18.2 Å². The van der Waals surface area contributed by atoms with Gasteiger partial charge in [0.25, 0.3) is 0 Å². The molecule has 4 heteroatoms. The van der Waals surface area contributed by atoms with Gasteiger partial charge in [-0.2, -0.15) is 0 Å². The van der Waals surface area contributed by atoms with Gasteiger partial charge in [0.1, 0.15) is 5.82 Å². The Hall–Kier alpha value is -1.42. The lowest BCUT2D eigenvalue weighted by molar-refractivity contribution is -0.120. The normalized spacial score (nSPS) is 15.9. The van der Waals surface area contributed by atoms with Gasteiger partial charge < -0.3 is 10.1 Å². The third-order valence-corrected chi connectivity index (χ3v) is 3.86. The average molecular weight is 293 g/mol. The molecule has 0 aliphatic heterocycles. The van der Waals surface area contributed by atoms with Crippen LogP contribution in [0, 0.1) is 5.82 Å². The maximum Gasteiger partial charge on any atom is 0.224 e. The topological polar surface area (TPSA) is 38.3 Å². The van der Waals surface area contributed by atoms with E-state index >= 15 is 0 Å². The number of ether oxygens (including phenoxy) is 1. The van der Waals surface area contributed by atoms with E-state index in [1.165, 1.54) is 38.2 Å². The minimum atomic E-state index is -0.326. The second-order valence-corrected chi connectivity index (χ2v) is 5.60. The highest BCUT2D eigenvalue weighted by Gasteiger charge is 2.13. The molecule has 0 aromatic heterocycles. The van der Waals surface area contributed by atoms with Crippen LogP contribution in [0.15, 0.2) is 24.3 Å². The number of nitrogens with one attached hydrogen (secondary N) is 1.